The molecule has 1 heterocycles. The highest BCUT2D eigenvalue weighted by Crippen LogP contribution is 2.24. The molecule has 136 valence electrons. The van der Waals surface area contributed by atoms with Crippen LogP contribution in [0.1, 0.15) is 30.5 Å². The average Bonchev–Trinajstić information content (AvgIpc) is 2.63. The Kier molecular flexibility index (Phi) is 4.95. The molecule has 0 amide bonds. The third kappa shape index (κ3) is 4.53. The van der Waals surface area contributed by atoms with Gasteiger partial charge in [0.15, 0.2) is 0 Å². The smallest absolute Gasteiger partial charge is 0.348 e. The molecule has 1 aliphatic rings. The fourth-order valence-electron chi connectivity index (χ4n) is 2.50. The topological polar surface area (TPSA) is 85.6 Å². The van der Waals surface area contributed by atoms with Crippen molar-refractivity contribution < 1.29 is 23.8 Å². The van der Waals surface area contributed by atoms with Crippen LogP contribution < -0.4 is 4.74 Å². The van der Waals surface area contributed by atoms with Crippen molar-refractivity contribution >= 4 is 18.0 Å². The lowest BCUT2D eigenvalue weighted by Crippen LogP contribution is -2.41. The van der Waals surface area contributed by atoms with Crippen LogP contribution in [0.2, 0.25) is 0 Å². The third-order valence-electron chi connectivity index (χ3n) is 3.77. The summed E-state index contributed by atoms with van der Waals surface area (Å²) in [7, 11) is 0. The maximum Gasteiger partial charge on any atom is 0.348 e. The van der Waals surface area contributed by atoms with Crippen LogP contribution in [0.5, 0.6) is 5.75 Å². The summed E-state index contributed by atoms with van der Waals surface area (Å²) in [5.41, 5.74) is 1.94. The van der Waals surface area contributed by atoms with Crippen molar-refractivity contribution in [1.29, 1.82) is 5.26 Å². The Labute approximate surface area is 156 Å². The first-order chi connectivity index (χ1) is 12.9. The zero-order valence-corrected chi connectivity index (χ0v) is 14.9. The van der Waals surface area contributed by atoms with E-state index in [9.17, 15) is 9.59 Å². The number of ether oxygens (including phenoxy) is 3. The maximum atomic E-state index is 12.0. The highest BCUT2D eigenvalue weighted by atomic mass is 16.7. The second-order valence-electron chi connectivity index (χ2n) is 6.41. The van der Waals surface area contributed by atoms with Gasteiger partial charge in [-0.05, 0) is 41.5 Å². The van der Waals surface area contributed by atoms with Crippen molar-refractivity contribution in [2.75, 3.05) is 0 Å². The highest BCUT2D eigenvalue weighted by molar-refractivity contribution is 6.18. The number of carbonyl (C=O) groups is 2. The van der Waals surface area contributed by atoms with E-state index in [-0.39, 0.29) is 5.57 Å². The minimum absolute atomic E-state index is 0.156. The van der Waals surface area contributed by atoms with Gasteiger partial charge in [-0.3, -0.25) is 0 Å². The first-order valence-corrected chi connectivity index (χ1v) is 8.26. The van der Waals surface area contributed by atoms with Gasteiger partial charge in [0.1, 0.15) is 17.9 Å². The van der Waals surface area contributed by atoms with Gasteiger partial charge in [-0.2, -0.15) is 5.26 Å². The summed E-state index contributed by atoms with van der Waals surface area (Å²) in [5.74, 6) is -2.07. The van der Waals surface area contributed by atoms with E-state index in [1.807, 2.05) is 6.07 Å². The number of benzene rings is 2. The average molecular weight is 363 g/mol. The van der Waals surface area contributed by atoms with Crippen LogP contribution in [0.4, 0.5) is 0 Å². The molecule has 27 heavy (non-hydrogen) atoms. The van der Waals surface area contributed by atoms with Crippen molar-refractivity contribution in [3.8, 4) is 11.8 Å². The number of rotatable bonds is 4. The van der Waals surface area contributed by atoms with Gasteiger partial charge in [-0.15, -0.1) is 0 Å². The number of nitrogens with zero attached hydrogens (tertiary/aromatic N) is 1. The highest BCUT2D eigenvalue weighted by Gasteiger charge is 2.38. The zero-order valence-electron chi connectivity index (χ0n) is 14.9. The standard InChI is InChI=1S/C21H17NO5/c1-21(2)26-19(23)18(20(24)27-21)11-14-6-8-17(9-7-14)25-13-16-5-3-4-15(10-16)12-22/h3-11H,13H2,1-2H3. The molecule has 1 fully saturated rings. The number of cyclic esters (lactones) is 2. The molecule has 0 N–H and O–H groups in total. The lowest BCUT2D eigenvalue weighted by atomic mass is 10.1. The van der Waals surface area contributed by atoms with Crippen LogP contribution in [-0.4, -0.2) is 17.7 Å². The number of esters is 2. The lowest BCUT2D eigenvalue weighted by molar-refractivity contribution is -0.222. The van der Waals surface area contributed by atoms with Crippen molar-refractivity contribution in [2.45, 2.75) is 26.2 Å². The molecular weight excluding hydrogens is 346 g/mol. The molecule has 0 unspecified atom stereocenters. The quantitative estimate of drug-likeness (QED) is 0.470. The third-order valence-corrected chi connectivity index (χ3v) is 3.77. The lowest BCUT2D eigenvalue weighted by Gasteiger charge is -2.29. The molecular formula is C21H17NO5. The first kappa shape index (κ1) is 18.2. The predicted molar refractivity (Wildman–Crippen MR) is 96.2 cm³/mol. The summed E-state index contributed by atoms with van der Waals surface area (Å²) in [6, 6.07) is 16.1. The number of nitriles is 1. The Balaban J connectivity index is 1.67. The van der Waals surface area contributed by atoms with Gasteiger partial charge in [0.05, 0.1) is 11.6 Å². The molecule has 2 aromatic rings. The van der Waals surface area contributed by atoms with Crippen molar-refractivity contribution in [3.05, 3.63) is 70.8 Å². The Hall–Kier alpha value is -3.59. The van der Waals surface area contributed by atoms with Gasteiger partial charge in [-0.25, -0.2) is 9.59 Å². The fourth-order valence-corrected chi connectivity index (χ4v) is 2.50. The number of hydrogen-bond acceptors (Lipinski definition) is 6. The molecule has 0 radical (unpaired) electrons. The van der Waals surface area contributed by atoms with Crippen molar-refractivity contribution in [3.63, 3.8) is 0 Å². The predicted octanol–water partition coefficient (Wildman–Crippen LogP) is 3.36. The van der Waals surface area contributed by atoms with Gasteiger partial charge >= 0.3 is 11.9 Å². The van der Waals surface area contributed by atoms with Gasteiger partial charge in [0.2, 0.25) is 0 Å². The van der Waals surface area contributed by atoms with E-state index in [0.29, 0.717) is 23.5 Å². The molecule has 0 saturated carbocycles. The molecule has 0 spiro atoms. The molecule has 6 nitrogen and oxygen atoms in total. The monoisotopic (exact) mass is 363 g/mol. The summed E-state index contributed by atoms with van der Waals surface area (Å²) < 4.78 is 15.8. The summed E-state index contributed by atoms with van der Waals surface area (Å²) in [4.78, 5) is 23.9. The molecule has 0 aliphatic carbocycles. The second kappa shape index (κ2) is 7.34. The molecule has 0 atom stereocenters. The molecule has 2 aromatic carbocycles. The van der Waals surface area contributed by atoms with Gasteiger partial charge < -0.3 is 14.2 Å². The van der Waals surface area contributed by atoms with Crippen molar-refractivity contribution in [2.24, 2.45) is 0 Å². The van der Waals surface area contributed by atoms with Crippen LogP contribution in [0.3, 0.4) is 0 Å². The van der Waals surface area contributed by atoms with Crippen LogP contribution in [0, 0.1) is 11.3 Å². The SMILES string of the molecule is CC1(C)OC(=O)C(=Cc2ccc(OCc3cccc(C#N)c3)cc2)C(=O)O1. The van der Waals surface area contributed by atoms with Crippen molar-refractivity contribution in [1.82, 2.24) is 0 Å². The van der Waals surface area contributed by atoms with Gasteiger partial charge in [-0.1, -0.05) is 24.3 Å². The molecule has 3 rings (SSSR count). The Bertz CT molecular complexity index is 929. The van der Waals surface area contributed by atoms with E-state index < -0.39 is 17.7 Å². The summed E-state index contributed by atoms with van der Waals surface area (Å²) in [6.07, 6.45) is 1.42. The van der Waals surface area contributed by atoms with Gasteiger partial charge in [0, 0.05) is 13.8 Å². The Morgan fingerprint density at radius 2 is 1.74 bits per heavy atom. The van der Waals surface area contributed by atoms with E-state index in [1.165, 1.54) is 19.9 Å². The minimum Gasteiger partial charge on any atom is -0.489 e. The van der Waals surface area contributed by atoms with Gasteiger partial charge in [0.25, 0.3) is 5.79 Å². The van der Waals surface area contributed by atoms with Crippen LogP contribution in [0.25, 0.3) is 6.08 Å². The summed E-state index contributed by atoms with van der Waals surface area (Å²) >= 11 is 0. The molecule has 1 saturated heterocycles. The van der Waals surface area contributed by atoms with E-state index >= 15 is 0 Å². The van der Waals surface area contributed by atoms with Crippen LogP contribution in [-0.2, 0) is 25.7 Å². The fraction of sp³-hybridized carbons (Fsp3) is 0.190. The Morgan fingerprint density at radius 3 is 2.37 bits per heavy atom. The van der Waals surface area contributed by atoms with E-state index in [4.69, 9.17) is 19.5 Å². The first-order valence-electron chi connectivity index (χ1n) is 8.26. The van der Waals surface area contributed by atoms with E-state index in [1.54, 1.807) is 42.5 Å². The normalized spacial score (nSPS) is 15.4. The second-order valence-corrected chi connectivity index (χ2v) is 6.41. The van der Waals surface area contributed by atoms with E-state index in [0.717, 1.165) is 5.56 Å². The summed E-state index contributed by atoms with van der Waals surface area (Å²) in [5, 5.41) is 8.92. The largest absolute Gasteiger partial charge is 0.489 e. The summed E-state index contributed by atoms with van der Waals surface area (Å²) in [6.45, 7) is 3.32. The number of hydrogen-bond donors (Lipinski definition) is 0. The Morgan fingerprint density at radius 1 is 1.07 bits per heavy atom. The minimum atomic E-state index is -1.26. The van der Waals surface area contributed by atoms with Crippen LogP contribution >= 0.6 is 0 Å². The molecule has 0 bridgehead atoms. The maximum absolute atomic E-state index is 12.0. The zero-order chi connectivity index (χ0) is 19.4. The molecule has 6 heteroatoms. The molecule has 0 aromatic heterocycles. The van der Waals surface area contributed by atoms with Crippen LogP contribution in [0.15, 0.2) is 54.1 Å². The van der Waals surface area contributed by atoms with E-state index in [2.05, 4.69) is 6.07 Å². The molecule has 1 aliphatic heterocycles. The number of carbonyl (C=O) groups excluding carboxylic acids is 2.